The monoisotopic (exact) mass is 248 g/mol. The van der Waals surface area contributed by atoms with Gasteiger partial charge in [0.25, 0.3) is 0 Å². The molecular formula is C12H16N4S. The van der Waals surface area contributed by atoms with E-state index in [1.807, 2.05) is 50.0 Å². The van der Waals surface area contributed by atoms with Crippen LogP contribution in [0.2, 0.25) is 0 Å². The van der Waals surface area contributed by atoms with Gasteiger partial charge in [0.05, 0.1) is 6.20 Å². The quantitative estimate of drug-likeness (QED) is 0.668. The van der Waals surface area contributed by atoms with Crippen molar-refractivity contribution in [2.45, 2.75) is 4.90 Å². The Morgan fingerprint density at radius 1 is 1.24 bits per heavy atom. The summed E-state index contributed by atoms with van der Waals surface area (Å²) in [5.41, 5.74) is 8.88. The van der Waals surface area contributed by atoms with Gasteiger partial charge in [-0.05, 0) is 49.8 Å². The predicted octanol–water partition coefficient (Wildman–Crippen LogP) is 2.24. The number of hydrogen-bond donors (Lipinski definition) is 1. The fourth-order valence-corrected chi connectivity index (χ4v) is 2.41. The summed E-state index contributed by atoms with van der Waals surface area (Å²) in [7, 11) is 5.93. The molecule has 0 fully saturated rings. The van der Waals surface area contributed by atoms with Gasteiger partial charge in [-0.15, -0.1) is 0 Å². The van der Waals surface area contributed by atoms with Gasteiger partial charge in [0.15, 0.2) is 0 Å². The van der Waals surface area contributed by atoms with Crippen LogP contribution in [0.1, 0.15) is 0 Å². The molecule has 1 aromatic carbocycles. The van der Waals surface area contributed by atoms with Crippen molar-refractivity contribution in [2.75, 3.05) is 19.8 Å². The first-order valence-corrected chi connectivity index (χ1v) is 6.07. The van der Waals surface area contributed by atoms with Crippen LogP contribution in [0.15, 0.2) is 35.5 Å². The Morgan fingerprint density at radius 3 is 2.59 bits per heavy atom. The SMILES string of the molecule is CN(C)Sc1cc(N)cc(-c2cnn(C)c2)c1. The van der Waals surface area contributed by atoms with E-state index in [-0.39, 0.29) is 0 Å². The molecule has 2 aromatic rings. The lowest BCUT2D eigenvalue weighted by atomic mass is 10.1. The first kappa shape index (κ1) is 12.0. The lowest BCUT2D eigenvalue weighted by Crippen LogP contribution is -1.99. The van der Waals surface area contributed by atoms with Crippen LogP contribution in [0.25, 0.3) is 11.1 Å². The molecule has 90 valence electrons. The average Bonchev–Trinajstić information content (AvgIpc) is 2.62. The second-order valence-corrected chi connectivity index (χ2v) is 5.48. The molecule has 2 rings (SSSR count). The molecule has 5 heteroatoms. The molecular weight excluding hydrogens is 232 g/mol. The van der Waals surface area contributed by atoms with Crippen molar-refractivity contribution in [3.8, 4) is 11.1 Å². The molecule has 0 radical (unpaired) electrons. The van der Waals surface area contributed by atoms with Gasteiger partial charge < -0.3 is 5.73 Å². The van der Waals surface area contributed by atoms with Crippen LogP contribution in [-0.4, -0.2) is 28.2 Å². The Kier molecular flexibility index (Phi) is 3.40. The maximum atomic E-state index is 5.92. The molecule has 0 atom stereocenters. The Labute approximate surface area is 106 Å². The van der Waals surface area contributed by atoms with Crippen molar-refractivity contribution in [1.82, 2.24) is 14.1 Å². The number of anilines is 1. The summed E-state index contributed by atoms with van der Waals surface area (Å²) in [6, 6.07) is 6.07. The molecule has 0 aliphatic carbocycles. The summed E-state index contributed by atoms with van der Waals surface area (Å²) >= 11 is 1.65. The second-order valence-electron chi connectivity index (χ2n) is 4.10. The largest absolute Gasteiger partial charge is 0.399 e. The zero-order valence-electron chi connectivity index (χ0n) is 10.2. The van der Waals surface area contributed by atoms with E-state index in [9.17, 15) is 0 Å². The van der Waals surface area contributed by atoms with Crippen molar-refractivity contribution in [1.29, 1.82) is 0 Å². The molecule has 4 nitrogen and oxygen atoms in total. The highest BCUT2D eigenvalue weighted by atomic mass is 32.2. The highest BCUT2D eigenvalue weighted by molar-refractivity contribution is 7.97. The van der Waals surface area contributed by atoms with E-state index < -0.39 is 0 Å². The minimum atomic E-state index is 0.774. The molecule has 1 aromatic heterocycles. The van der Waals surface area contributed by atoms with Gasteiger partial charge in [0.1, 0.15) is 0 Å². The van der Waals surface area contributed by atoms with Gasteiger partial charge >= 0.3 is 0 Å². The lowest BCUT2D eigenvalue weighted by molar-refractivity contribution is 0.703. The first-order chi connectivity index (χ1) is 8.04. The van der Waals surface area contributed by atoms with E-state index in [2.05, 4.69) is 11.2 Å². The first-order valence-electron chi connectivity index (χ1n) is 5.29. The minimum absolute atomic E-state index is 0.774. The molecule has 0 spiro atoms. The topological polar surface area (TPSA) is 47.1 Å². The van der Waals surface area contributed by atoms with Gasteiger partial charge in [-0.1, -0.05) is 0 Å². The fourth-order valence-electron chi connectivity index (χ4n) is 1.62. The number of aromatic nitrogens is 2. The Balaban J connectivity index is 2.37. The van der Waals surface area contributed by atoms with Crippen molar-refractivity contribution >= 4 is 17.6 Å². The number of nitrogen functional groups attached to an aromatic ring is 1. The Hall–Kier alpha value is -1.46. The molecule has 2 N–H and O–H groups in total. The average molecular weight is 248 g/mol. The van der Waals surface area contributed by atoms with Gasteiger partial charge in [0.2, 0.25) is 0 Å². The molecule has 0 unspecified atom stereocenters. The van der Waals surface area contributed by atoms with Crippen molar-refractivity contribution < 1.29 is 0 Å². The lowest BCUT2D eigenvalue weighted by Gasteiger charge is -2.10. The normalized spacial score (nSPS) is 11.1. The molecule has 1 heterocycles. The van der Waals surface area contributed by atoms with Crippen LogP contribution < -0.4 is 5.73 Å². The highest BCUT2D eigenvalue weighted by Crippen LogP contribution is 2.29. The van der Waals surface area contributed by atoms with Gasteiger partial charge in [-0.25, -0.2) is 0 Å². The van der Waals surface area contributed by atoms with E-state index in [1.54, 1.807) is 16.6 Å². The third kappa shape index (κ3) is 3.01. The van der Waals surface area contributed by atoms with Gasteiger partial charge in [-0.2, -0.15) is 5.10 Å². The number of aryl methyl sites for hydroxylation is 1. The summed E-state index contributed by atoms with van der Waals surface area (Å²) < 4.78 is 3.83. The molecule has 0 bridgehead atoms. The summed E-state index contributed by atoms with van der Waals surface area (Å²) in [6.07, 6.45) is 3.83. The second kappa shape index (κ2) is 4.81. The van der Waals surface area contributed by atoms with Crippen LogP contribution in [0, 0.1) is 0 Å². The molecule has 0 aliphatic heterocycles. The van der Waals surface area contributed by atoms with Crippen LogP contribution in [0.5, 0.6) is 0 Å². The predicted molar refractivity (Wildman–Crippen MR) is 72.6 cm³/mol. The molecule has 0 amide bonds. The van der Waals surface area contributed by atoms with E-state index in [4.69, 9.17) is 5.73 Å². The van der Waals surface area contributed by atoms with Crippen molar-refractivity contribution in [2.24, 2.45) is 7.05 Å². The third-order valence-electron chi connectivity index (χ3n) is 2.26. The highest BCUT2D eigenvalue weighted by Gasteiger charge is 2.05. The Bertz CT molecular complexity index is 519. The third-order valence-corrected chi connectivity index (χ3v) is 3.07. The van der Waals surface area contributed by atoms with Crippen LogP contribution in [-0.2, 0) is 7.05 Å². The zero-order chi connectivity index (χ0) is 12.4. The van der Waals surface area contributed by atoms with Crippen LogP contribution >= 0.6 is 11.9 Å². The number of nitrogens with zero attached hydrogens (tertiary/aromatic N) is 3. The summed E-state index contributed by atoms with van der Waals surface area (Å²) in [5.74, 6) is 0. The minimum Gasteiger partial charge on any atom is -0.399 e. The smallest absolute Gasteiger partial charge is 0.0568 e. The van der Waals surface area contributed by atoms with Crippen molar-refractivity contribution in [3.63, 3.8) is 0 Å². The van der Waals surface area contributed by atoms with Crippen molar-refractivity contribution in [3.05, 3.63) is 30.6 Å². The van der Waals surface area contributed by atoms with Gasteiger partial charge in [-0.3, -0.25) is 8.99 Å². The fraction of sp³-hybridized carbons (Fsp3) is 0.250. The summed E-state index contributed by atoms with van der Waals surface area (Å²) in [5, 5.41) is 4.17. The number of nitrogens with two attached hydrogens (primary N) is 1. The number of benzene rings is 1. The number of rotatable bonds is 3. The molecule has 17 heavy (non-hydrogen) atoms. The molecule has 0 saturated carbocycles. The van der Waals surface area contributed by atoms with Crippen LogP contribution in [0.4, 0.5) is 5.69 Å². The molecule has 0 saturated heterocycles. The standard InChI is InChI=1S/C12H16N4S/c1-15(2)17-12-5-9(4-11(13)6-12)10-7-14-16(3)8-10/h4-8H,13H2,1-3H3. The zero-order valence-corrected chi connectivity index (χ0v) is 11.0. The van der Waals surface area contributed by atoms with Gasteiger partial charge in [0, 0.05) is 29.4 Å². The van der Waals surface area contributed by atoms with E-state index in [0.717, 1.165) is 21.7 Å². The van der Waals surface area contributed by atoms with E-state index in [0.29, 0.717) is 0 Å². The summed E-state index contributed by atoms with van der Waals surface area (Å²) in [6.45, 7) is 0. The summed E-state index contributed by atoms with van der Waals surface area (Å²) in [4.78, 5) is 1.13. The van der Waals surface area contributed by atoms with Crippen LogP contribution in [0.3, 0.4) is 0 Å². The molecule has 0 aliphatic rings. The Morgan fingerprint density at radius 2 is 2.00 bits per heavy atom. The number of hydrogen-bond acceptors (Lipinski definition) is 4. The van der Waals surface area contributed by atoms with E-state index in [1.165, 1.54) is 0 Å². The van der Waals surface area contributed by atoms with E-state index >= 15 is 0 Å². The maximum absolute atomic E-state index is 5.92. The maximum Gasteiger partial charge on any atom is 0.0568 e.